The second-order valence-corrected chi connectivity index (χ2v) is 6.41. The van der Waals surface area contributed by atoms with Crippen molar-refractivity contribution in [1.29, 1.82) is 0 Å². The van der Waals surface area contributed by atoms with E-state index in [0.29, 0.717) is 13.1 Å². The minimum Gasteiger partial charge on any atom is -0.480 e. The Morgan fingerprint density at radius 3 is 2.33 bits per heavy atom. The number of nitrogens with zero attached hydrogens (tertiary/aromatic N) is 3. The van der Waals surface area contributed by atoms with Crippen LogP contribution in [0.15, 0.2) is 0 Å². The largest absolute Gasteiger partial charge is 0.480 e. The lowest BCUT2D eigenvalue weighted by molar-refractivity contribution is -0.141. The summed E-state index contributed by atoms with van der Waals surface area (Å²) in [6.45, 7) is 4.25. The van der Waals surface area contributed by atoms with Crippen molar-refractivity contribution in [3.63, 3.8) is 0 Å². The van der Waals surface area contributed by atoms with Crippen molar-refractivity contribution >= 4 is 12.0 Å². The summed E-state index contributed by atoms with van der Waals surface area (Å²) in [5.41, 5.74) is 0. The van der Waals surface area contributed by atoms with Crippen LogP contribution in [0.1, 0.15) is 19.3 Å². The number of hydrogen-bond acceptors (Lipinski definition) is 4. The maximum absolute atomic E-state index is 12.5. The molecular formula is C14H23N3O4. The lowest BCUT2D eigenvalue weighted by Gasteiger charge is -2.37. The number of hydrogen-bond donors (Lipinski definition) is 2. The number of carboxylic acid groups (broad SMARTS) is 1. The van der Waals surface area contributed by atoms with Gasteiger partial charge in [0.2, 0.25) is 0 Å². The Morgan fingerprint density at radius 1 is 1.10 bits per heavy atom. The van der Waals surface area contributed by atoms with Gasteiger partial charge in [-0.05, 0) is 18.8 Å². The molecule has 0 unspecified atom stereocenters. The molecule has 3 aliphatic rings. The summed E-state index contributed by atoms with van der Waals surface area (Å²) in [5, 5.41) is 18.8. The molecule has 1 saturated carbocycles. The van der Waals surface area contributed by atoms with E-state index in [1.807, 2.05) is 0 Å². The molecule has 21 heavy (non-hydrogen) atoms. The van der Waals surface area contributed by atoms with Gasteiger partial charge >= 0.3 is 12.0 Å². The van der Waals surface area contributed by atoms with Crippen molar-refractivity contribution in [3.05, 3.63) is 0 Å². The van der Waals surface area contributed by atoms with Crippen molar-refractivity contribution in [2.24, 2.45) is 5.92 Å². The second kappa shape index (κ2) is 5.81. The first-order valence-electron chi connectivity index (χ1n) is 7.73. The van der Waals surface area contributed by atoms with Gasteiger partial charge in [0, 0.05) is 45.7 Å². The zero-order valence-electron chi connectivity index (χ0n) is 12.1. The van der Waals surface area contributed by atoms with E-state index in [2.05, 4.69) is 4.90 Å². The van der Waals surface area contributed by atoms with Crippen molar-refractivity contribution in [2.45, 2.75) is 31.4 Å². The van der Waals surface area contributed by atoms with Gasteiger partial charge in [0.25, 0.3) is 0 Å². The van der Waals surface area contributed by atoms with Crippen molar-refractivity contribution in [3.8, 4) is 0 Å². The summed E-state index contributed by atoms with van der Waals surface area (Å²) in [5.74, 6) is -0.190. The molecule has 118 valence electrons. The Hall–Kier alpha value is -1.34. The fourth-order valence-electron chi connectivity index (χ4n) is 3.23. The van der Waals surface area contributed by atoms with Crippen molar-refractivity contribution in [1.82, 2.24) is 14.7 Å². The number of aliphatic hydroxyl groups is 1. The molecule has 3 rings (SSSR count). The highest BCUT2D eigenvalue weighted by atomic mass is 16.4. The van der Waals surface area contributed by atoms with E-state index in [-0.39, 0.29) is 19.0 Å². The first-order valence-corrected chi connectivity index (χ1v) is 7.73. The highest BCUT2D eigenvalue weighted by Gasteiger charge is 2.41. The molecule has 2 heterocycles. The monoisotopic (exact) mass is 297 g/mol. The molecular weight excluding hydrogens is 274 g/mol. The minimum absolute atomic E-state index is 0.123. The van der Waals surface area contributed by atoms with E-state index in [1.165, 1.54) is 17.7 Å². The number of likely N-dealkylation sites (tertiary alicyclic amines) is 1. The Kier molecular flexibility index (Phi) is 4.03. The topological polar surface area (TPSA) is 84.3 Å². The summed E-state index contributed by atoms with van der Waals surface area (Å²) in [6.07, 6.45) is 2.05. The first-order chi connectivity index (χ1) is 10.0. The van der Waals surface area contributed by atoms with Crippen LogP contribution in [0.4, 0.5) is 4.79 Å². The van der Waals surface area contributed by atoms with Crippen LogP contribution in [0.2, 0.25) is 0 Å². The van der Waals surface area contributed by atoms with Gasteiger partial charge in [-0.15, -0.1) is 0 Å². The van der Waals surface area contributed by atoms with Gasteiger partial charge in [0.05, 0.1) is 6.10 Å². The number of carbonyl (C=O) groups excluding carboxylic acids is 1. The molecule has 1 aliphatic carbocycles. The highest BCUT2D eigenvalue weighted by molar-refractivity contribution is 5.83. The number of piperazine rings is 1. The third-order valence-corrected chi connectivity index (χ3v) is 4.67. The fraction of sp³-hybridized carbons (Fsp3) is 0.857. The number of carbonyl (C=O) groups is 2. The number of urea groups is 1. The lowest BCUT2D eigenvalue weighted by atomic mass is 10.2. The molecule has 0 bridgehead atoms. The van der Waals surface area contributed by atoms with Gasteiger partial charge in [0.1, 0.15) is 6.04 Å². The third-order valence-electron chi connectivity index (χ3n) is 4.67. The number of aliphatic hydroxyl groups excluding tert-OH is 1. The van der Waals surface area contributed by atoms with E-state index in [4.69, 9.17) is 5.11 Å². The molecule has 0 aromatic heterocycles. The number of rotatable bonds is 3. The quantitative estimate of drug-likeness (QED) is 0.744. The summed E-state index contributed by atoms with van der Waals surface area (Å²) in [6, 6.07) is -1.14. The van der Waals surface area contributed by atoms with Gasteiger partial charge < -0.3 is 20.0 Å². The number of aliphatic carboxylic acids is 1. The predicted octanol–water partition coefficient (Wildman–Crippen LogP) is -0.346. The average molecular weight is 297 g/mol. The SMILES string of the molecule is O=C(O)[C@@H]1C[C@@H](O)CN1C(=O)N1CCN(CC2CC2)CC1. The van der Waals surface area contributed by atoms with Crippen LogP contribution in [-0.4, -0.2) is 88.3 Å². The van der Waals surface area contributed by atoms with Crippen LogP contribution in [-0.2, 0) is 4.79 Å². The van der Waals surface area contributed by atoms with Gasteiger partial charge in [0.15, 0.2) is 0 Å². The van der Waals surface area contributed by atoms with Crippen LogP contribution in [0.5, 0.6) is 0 Å². The van der Waals surface area contributed by atoms with Crippen LogP contribution < -0.4 is 0 Å². The number of carboxylic acids is 1. The highest BCUT2D eigenvalue weighted by Crippen LogP contribution is 2.30. The van der Waals surface area contributed by atoms with Gasteiger partial charge in [-0.3, -0.25) is 4.90 Å². The van der Waals surface area contributed by atoms with Gasteiger partial charge in [-0.1, -0.05) is 0 Å². The summed E-state index contributed by atoms with van der Waals surface area (Å²) >= 11 is 0. The van der Waals surface area contributed by atoms with Crippen molar-refractivity contribution < 1.29 is 19.8 Å². The van der Waals surface area contributed by atoms with E-state index < -0.39 is 18.1 Å². The van der Waals surface area contributed by atoms with Crippen molar-refractivity contribution in [2.75, 3.05) is 39.3 Å². The zero-order valence-corrected chi connectivity index (χ0v) is 12.1. The molecule has 0 aromatic rings. The molecule has 0 aromatic carbocycles. The smallest absolute Gasteiger partial charge is 0.326 e. The maximum atomic E-state index is 12.5. The van der Waals surface area contributed by atoms with Crippen LogP contribution in [0.25, 0.3) is 0 Å². The Bertz CT molecular complexity index is 418. The lowest BCUT2D eigenvalue weighted by Crippen LogP contribution is -2.55. The predicted molar refractivity (Wildman–Crippen MR) is 74.9 cm³/mol. The fourth-order valence-corrected chi connectivity index (χ4v) is 3.23. The molecule has 2 amide bonds. The summed E-state index contributed by atoms with van der Waals surface area (Å²) < 4.78 is 0. The van der Waals surface area contributed by atoms with E-state index in [1.54, 1.807) is 4.90 Å². The number of amides is 2. The normalized spacial score (nSPS) is 30.7. The summed E-state index contributed by atoms with van der Waals surface area (Å²) in [7, 11) is 0. The molecule has 0 radical (unpaired) electrons. The molecule has 3 fully saturated rings. The Labute approximate surface area is 124 Å². The van der Waals surface area contributed by atoms with Crippen LogP contribution in [0, 0.1) is 5.92 Å². The minimum atomic E-state index is -1.03. The average Bonchev–Trinajstić information content (AvgIpc) is 3.18. The number of β-amino-alcohol motifs (C(OH)–C–C–N with tert-alkyl or cyclic N) is 1. The van der Waals surface area contributed by atoms with Gasteiger partial charge in [-0.25, -0.2) is 9.59 Å². The molecule has 2 atom stereocenters. The van der Waals surface area contributed by atoms with E-state index in [9.17, 15) is 14.7 Å². The van der Waals surface area contributed by atoms with E-state index in [0.717, 1.165) is 25.6 Å². The van der Waals surface area contributed by atoms with E-state index >= 15 is 0 Å². The molecule has 2 N–H and O–H groups in total. The molecule has 7 nitrogen and oxygen atoms in total. The molecule has 2 saturated heterocycles. The molecule has 0 spiro atoms. The van der Waals surface area contributed by atoms with Gasteiger partial charge in [-0.2, -0.15) is 0 Å². The third kappa shape index (κ3) is 3.29. The van der Waals surface area contributed by atoms with Crippen LogP contribution >= 0.6 is 0 Å². The maximum Gasteiger partial charge on any atom is 0.326 e. The molecule has 7 heteroatoms. The Morgan fingerprint density at radius 2 is 1.76 bits per heavy atom. The molecule has 2 aliphatic heterocycles. The van der Waals surface area contributed by atoms with Crippen LogP contribution in [0.3, 0.4) is 0 Å². The standard InChI is InChI=1S/C14H23N3O4/c18-11-7-12(13(19)20)17(9-11)14(21)16-5-3-15(4-6-16)8-10-1-2-10/h10-12,18H,1-9H2,(H,19,20)/t11-,12+/m1/s1. The summed E-state index contributed by atoms with van der Waals surface area (Å²) in [4.78, 5) is 29.1. The second-order valence-electron chi connectivity index (χ2n) is 6.41. The first kappa shape index (κ1) is 14.6. The zero-order chi connectivity index (χ0) is 15.0. The Balaban J connectivity index is 1.54.